The maximum atomic E-state index is 13.6. The van der Waals surface area contributed by atoms with Gasteiger partial charge in [-0.15, -0.1) is 0 Å². The van der Waals surface area contributed by atoms with E-state index in [0.29, 0.717) is 41.5 Å². The largest absolute Gasteiger partial charge is 0.497 e. The number of nitrogens with two attached hydrogens (primary N) is 2. The Kier molecular flexibility index (Phi) is 11.3. The molecule has 2 amide bonds. The standard InChI is InChI=1S/C38H37N5O5/c1-46-34-9-5-8-28(22-34)25-48-33-20-14-30(15-21-33)36(44)43-35(37(45)41-23-26-10-16-31(17-11-26)42-38(39)40)29-12-18-32(19-13-29)47-24-27-6-3-2-4-7-27/h2-22,35H,23-25H2,1H3,(H,41,45)(H,43,44)(H4,39,40,42)/t35-/m0/s1. The van der Waals surface area contributed by atoms with Crippen molar-refractivity contribution in [1.82, 2.24) is 10.6 Å². The number of hydrogen-bond donors (Lipinski definition) is 4. The SMILES string of the molecule is COc1cccc(COc2ccc(C(=O)N[C@H](C(=O)NCc3ccc(N=C(N)N)cc3)c3ccc(OCc4ccccc4)cc3)cc2)c1. The minimum absolute atomic E-state index is 0.0403. The zero-order valence-corrected chi connectivity index (χ0v) is 26.5. The normalized spacial score (nSPS) is 11.1. The Morgan fingerprint density at radius 2 is 1.31 bits per heavy atom. The second-order valence-electron chi connectivity index (χ2n) is 10.8. The van der Waals surface area contributed by atoms with E-state index in [9.17, 15) is 9.59 Å². The van der Waals surface area contributed by atoms with E-state index in [1.54, 1.807) is 67.8 Å². The molecule has 6 N–H and O–H groups in total. The van der Waals surface area contributed by atoms with Crippen LogP contribution < -0.4 is 36.3 Å². The molecule has 48 heavy (non-hydrogen) atoms. The molecular formula is C38H37N5O5. The molecule has 0 aliphatic heterocycles. The van der Waals surface area contributed by atoms with Gasteiger partial charge < -0.3 is 36.3 Å². The maximum absolute atomic E-state index is 13.6. The molecule has 10 heteroatoms. The summed E-state index contributed by atoms with van der Waals surface area (Å²) in [5.74, 6) is 1.14. The van der Waals surface area contributed by atoms with Crippen molar-refractivity contribution in [2.75, 3.05) is 7.11 Å². The van der Waals surface area contributed by atoms with Crippen molar-refractivity contribution in [1.29, 1.82) is 0 Å². The summed E-state index contributed by atoms with van der Waals surface area (Å²) >= 11 is 0. The molecule has 0 heterocycles. The van der Waals surface area contributed by atoms with Gasteiger partial charge >= 0.3 is 0 Å². The van der Waals surface area contributed by atoms with Crippen LogP contribution >= 0.6 is 0 Å². The average molecular weight is 644 g/mol. The van der Waals surface area contributed by atoms with Crippen molar-refractivity contribution in [3.8, 4) is 17.2 Å². The lowest BCUT2D eigenvalue weighted by Crippen LogP contribution is -2.40. The lowest BCUT2D eigenvalue weighted by molar-refractivity contribution is -0.123. The lowest BCUT2D eigenvalue weighted by Gasteiger charge is -2.20. The number of rotatable bonds is 14. The van der Waals surface area contributed by atoms with Crippen molar-refractivity contribution >= 4 is 23.5 Å². The second-order valence-corrected chi connectivity index (χ2v) is 10.8. The number of guanidine groups is 1. The second kappa shape index (κ2) is 16.3. The molecule has 0 aliphatic rings. The topological polar surface area (TPSA) is 150 Å². The number of hydrogen-bond acceptors (Lipinski definition) is 6. The van der Waals surface area contributed by atoms with E-state index in [-0.39, 0.29) is 18.4 Å². The number of aliphatic imine (C=N–C) groups is 1. The number of nitrogens with zero attached hydrogens (tertiary/aromatic N) is 1. The molecule has 0 aliphatic carbocycles. The molecule has 5 rings (SSSR count). The molecule has 0 bridgehead atoms. The van der Waals surface area contributed by atoms with Crippen molar-refractivity contribution in [2.45, 2.75) is 25.8 Å². The zero-order chi connectivity index (χ0) is 33.7. The molecular weight excluding hydrogens is 606 g/mol. The molecule has 5 aromatic carbocycles. The summed E-state index contributed by atoms with van der Waals surface area (Å²) in [6.45, 7) is 0.972. The van der Waals surface area contributed by atoms with Gasteiger partial charge in [-0.2, -0.15) is 0 Å². The summed E-state index contributed by atoms with van der Waals surface area (Å²) in [5, 5.41) is 5.82. The van der Waals surface area contributed by atoms with Gasteiger partial charge in [0.2, 0.25) is 5.91 Å². The smallest absolute Gasteiger partial charge is 0.252 e. The summed E-state index contributed by atoms with van der Waals surface area (Å²) in [6, 6.07) is 37.4. The first-order chi connectivity index (χ1) is 23.4. The van der Waals surface area contributed by atoms with Crippen molar-refractivity contribution < 1.29 is 23.8 Å². The van der Waals surface area contributed by atoms with Crippen LogP contribution in [-0.4, -0.2) is 24.9 Å². The van der Waals surface area contributed by atoms with Crippen molar-refractivity contribution in [3.63, 3.8) is 0 Å². The van der Waals surface area contributed by atoms with E-state index in [0.717, 1.165) is 22.4 Å². The maximum Gasteiger partial charge on any atom is 0.252 e. The predicted octanol–water partition coefficient (Wildman–Crippen LogP) is 5.55. The van der Waals surface area contributed by atoms with Crippen LogP contribution in [0.25, 0.3) is 0 Å². The van der Waals surface area contributed by atoms with E-state index in [4.69, 9.17) is 25.7 Å². The number of carbonyl (C=O) groups excluding carboxylic acids is 2. The molecule has 0 saturated carbocycles. The highest BCUT2D eigenvalue weighted by molar-refractivity contribution is 5.98. The van der Waals surface area contributed by atoms with Crippen molar-refractivity contribution in [2.24, 2.45) is 16.5 Å². The van der Waals surface area contributed by atoms with Crippen LogP contribution in [0.15, 0.2) is 132 Å². The van der Waals surface area contributed by atoms with Gasteiger partial charge in [0.25, 0.3) is 5.91 Å². The van der Waals surface area contributed by atoms with Gasteiger partial charge in [-0.3, -0.25) is 9.59 Å². The first kappa shape index (κ1) is 33.1. The van der Waals surface area contributed by atoms with E-state index in [2.05, 4.69) is 15.6 Å². The first-order valence-corrected chi connectivity index (χ1v) is 15.3. The van der Waals surface area contributed by atoms with Gasteiger partial charge in [0.1, 0.15) is 36.5 Å². The van der Waals surface area contributed by atoms with Gasteiger partial charge in [-0.05, 0) is 82.9 Å². The van der Waals surface area contributed by atoms with Crippen LogP contribution in [-0.2, 0) is 24.6 Å². The summed E-state index contributed by atoms with van der Waals surface area (Å²) in [7, 11) is 1.62. The van der Waals surface area contributed by atoms with Gasteiger partial charge in [0.15, 0.2) is 5.96 Å². The molecule has 0 saturated heterocycles. The van der Waals surface area contributed by atoms with E-state index < -0.39 is 11.9 Å². The third-order valence-corrected chi connectivity index (χ3v) is 7.32. The number of methoxy groups -OCH3 is 1. The number of ether oxygens (including phenoxy) is 3. The third-order valence-electron chi connectivity index (χ3n) is 7.32. The van der Waals surface area contributed by atoms with Crippen LogP contribution in [0.2, 0.25) is 0 Å². The van der Waals surface area contributed by atoms with Crippen LogP contribution in [0.4, 0.5) is 5.69 Å². The summed E-state index contributed by atoms with van der Waals surface area (Å²) in [6.07, 6.45) is 0. The van der Waals surface area contributed by atoms with Crippen LogP contribution in [0.1, 0.15) is 38.7 Å². The fraction of sp³-hybridized carbons (Fsp3) is 0.132. The Balaban J connectivity index is 1.26. The highest BCUT2D eigenvalue weighted by Gasteiger charge is 2.23. The first-order valence-electron chi connectivity index (χ1n) is 15.3. The Morgan fingerprint density at radius 3 is 1.96 bits per heavy atom. The molecule has 0 radical (unpaired) electrons. The molecule has 0 spiro atoms. The number of carbonyl (C=O) groups is 2. The van der Waals surface area contributed by atoms with E-state index >= 15 is 0 Å². The Labute approximate surface area is 279 Å². The minimum atomic E-state index is -0.981. The number of nitrogens with one attached hydrogen (secondary N) is 2. The molecule has 244 valence electrons. The molecule has 0 fully saturated rings. The number of benzene rings is 5. The van der Waals surface area contributed by atoms with Gasteiger partial charge in [0.05, 0.1) is 12.8 Å². The van der Waals surface area contributed by atoms with Gasteiger partial charge in [0, 0.05) is 12.1 Å². The molecule has 0 aromatic heterocycles. The number of amides is 2. The van der Waals surface area contributed by atoms with Gasteiger partial charge in [-0.25, -0.2) is 4.99 Å². The third kappa shape index (κ3) is 9.60. The molecule has 1 atom stereocenters. The molecule has 10 nitrogen and oxygen atoms in total. The van der Waals surface area contributed by atoms with Crippen LogP contribution in [0, 0.1) is 0 Å². The molecule has 0 unspecified atom stereocenters. The summed E-state index contributed by atoms with van der Waals surface area (Å²) < 4.78 is 17.1. The van der Waals surface area contributed by atoms with Gasteiger partial charge in [-0.1, -0.05) is 66.7 Å². The Bertz CT molecular complexity index is 1820. The van der Waals surface area contributed by atoms with Crippen molar-refractivity contribution in [3.05, 3.63) is 155 Å². The fourth-order valence-corrected chi connectivity index (χ4v) is 4.77. The lowest BCUT2D eigenvalue weighted by atomic mass is 10.0. The Morgan fingerprint density at radius 1 is 0.688 bits per heavy atom. The van der Waals surface area contributed by atoms with Crippen LogP contribution in [0.3, 0.4) is 0 Å². The average Bonchev–Trinajstić information content (AvgIpc) is 3.12. The van der Waals surface area contributed by atoms with E-state index in [1.165, 1.54) is 0 Å². The fourth-order valence-electron chi connectivity index (χ4n) is 4.77. The van der Waals surface area contributed by atoms with E-state index in [1.807, 2.05) is 66.7 Å². The predicted molar refractivity (Wildman–Crippen MR) is 185 cm³/mol. The summed E-state index contributed by atoms with van der Waals surface area (Å²) in [5.41, 5.74) is 15.3. The zero-order valence-electron chi connectivity index (χ0n) is 26.5. The van der Waals surface area contributed by atoms with Crippen LogP contribution in [0.5, 0.6) is 17.2 Å². The summed E-state index contributed by atoms with van der Waals surface area (Å²) in [4.78, 5) is 31.0. The highest BCUT2D eigenvalue weighted by atomic mass is 16.5. The quantitative estimate of drug-likeness (QED) is 0.0916. The molecule has 5 aromatic rings. The highest BCUT2D eigenvalue weighted by Crippen LogP contribution is 2.22. The Hall–Kier alpha value is -6.29. The monoisotopic (exact) mass is 643 g/mol. The minimum Gasteiger partial charge on any atom is -0.497 e.